The SMILES string of the molecule is CC(c1nnc(S(=O)(=O)Cl)n1C(C)C)n1cncn1. The monoisotopic (exact) mass is 304 g/mol. The zero-order valence-electron chi connectivity index (χ0n) is 10.6. The quantitative estimate of drug-likeness (QED) is 0.782. The van der Waals surface area contributed by atoms with Gasteiger partial charge in [0.15, 0.2) is 5.82 Å². The van der Waals surface area contributed by atoms with Crippen LogP contribution in [0.1, 0.15) is 38.7 Å². The Bertz CT molecular complexity index is 663. The predicted molar refractivity (Wildman–Crippen MR) is 67.3 cm³/mol. The highest BCUT2D eigenvalue weighted by molar-refractivity contribution is 8.13. The molecule has 0 fully saturated rings. The van der Waals surface area contributed by atoms with E-state index in [1.54, 1.807) is 4.68 Å². The van der Waals surface area contributed by atoms with E-state index in [2.05, 4.69) is 20.3 Å². The van der Waals surface area contributed by atoms with Crippen molar-refractivity contribution in [2.24, 2.45) is 0 Å². The van der Waals surface area contributed by atoms with E-state index in [0.717, 1.165) is 0 Å². The van der Waals surface area contributed by atoms with Crippen LogP contribution in [-0.4, -0.2) is 37.9 Å². The minimum absolute atomic E-state index is 0.153. The average molecular weight is 305 g/mol. The van der Waals surface area contributed by atoms with Crippen molar-refractivity contribution in [2.45, 2.75) is 38.0 Å². The van der Waals surface area contributed by atoms with Crippen molar-refractivity contribution in [3.05, 3.63) is 18.5 Å². The smallest absolute Gasteiger partial charge is 0.296 e. The van der Waals surface area contributed by atoms with Gasteiger partial charge in [-0.25, -0.2) is 18.1 Å². The first-order valence-corrected chi connectivity index (χ1v) is 7.87. The lowest BCUT2D eigenvalue weighted by molar-refractivity contribution is 0.454. The van der Waals surface area contributed by atoms with Crippen molar-refractivity contribution >= 4 is 19.7 Å². The first kappa shape index (κ1) is 13.9. The van der Waals surface area contributed by atoms with Crippen molar-refractivity contribution in [2.75, 3.05) is 0 Å². The van der Waals surface area contributed by atoms with Crippen molar-refractivity contribution in [3.8, 4) is 0 Å². The molecule has 0 aliphatic carbocycles. The molecular formula is C9H13ClN6O2S. The Morgan fingerprint density at radius 1 is 1.26 bits per heavy atom. The highest BCUT2D eigenvalue weighted by Gasteiger charge is 2.27. The van der Waals surface area contributed by atoms with Crippen LogP contribution in [0.15, 0.2) is 17.8 Å². The lowest BCUT2D eigenvalue weighted by atomic mass is 10.3. The summed E-state index contributed by atoms with van der Waals surface area (Å²) in [5.41, 5.74) is 0. The van der Waals surface area contributed by atoms with Crippen LogP contribution in [0, 0.1) is 0 Å². The lowest BCUT2D eigenvalue weighted by Gasteiger charge is -2.16. The maximum absolute atomic E-state index is 11.5. The summed E-state index contributed by atoms with van der Waals surface area (Å²) in [6, 6.07) is -0.455. The summed E-state index contributed by atoms with van der Waals surface area (Å²) in [5.74, 6) is 0.458. The van der Waals surface area contributed by atoms with Crippen LogP contribution in [0.5, 0.6) is 0 Å². The van der Waals surface area contributed by atoms with Gasteiger partial charge in [-0.15, -0.1) is 10.2 Å². The Morgan fingerprint density at radius 2 is 1.95 bits per heavy atom. The van der Waals surface area contributed by atoms with Gasteiger partial charge in [0.2, 0.25) is 0 Å². The Morgan fingerprint density at radius 3 is 2.42 bits per heavy atom. The topological polar surface area (TPSA) is 95.6 Å². The molecule has 2 aromatic heterocycles. The fourth-order valence-corrected chi connectivity index (χ4v) is 2.75. The largest absolute Gasteiger partial charge is 0.296 e. The van der Waals surface area contributed by atoms with Gasteiger partial charge < -0.3 is 0 Å². The van der Waals surface area contributed by atoms with Gasteiger partial charge in [-0.05, 0) is 20.8 Å². The van der Waals surface area contributed by atoms with Gasteiger partial charge in [-0.3, -0.25) is 4.57 Å². The molecule has 2 aromatic rings. The Balaban J connectivity index is 2.56. The number of aromatic nitrogens is 6. The molecule has 0 aromatic carbocycles. The van der Waals surface area contributed by atoms with Crippen molar-refractivity contribution in [1.82, 2.24) is 29.5 Å². The first-order chi connectivity index (χ1) is 8.82. The second-order valence-electron chi connectivity index (χ2n) is 4.29. The van der Waals surface area contributed by atoms with Gasteiger partial charge in [0.1, 0.15) is 18.7 Å². The molecule has 0 amide bonds. The van der Waals surface area contributed by atoms with Gasteiger partial charge in [-0.1, -0.05) is 0 Å². The fraction of sp³-hybridized carbons (Fsp3) is 0.556. The standard InChI is InChI=1S/C9H13ClN6O2S/c1-6(2)16-8(7(3)15-5-11-4-12-15)13-14-9(16)19(10,17)18/h4-7H,1-3H3. The number of hydrogen-bond donors (Lipinski definition) is 0. The van der Waals surface area contributed by atoms with E-state index in [-0.39, 0.29) is 17.2 Å². The molecule has 0 saturated heterocycles. The molecule has 1 atom stereocenters. The number of hydrogen-bond acceptors (Lipinski definition) is 6. The highest BCUT2D eigenvalue weighted by atomic mass is 35.7. The van der Waals surface area contributed by atoms with Crippen LogP contribution in [0.25, 0.3) is 0 Å². The predicted octanol–water partition coefficient (Wildman–Crippen LogP) is 0.987. The van der Waals surface area contributed by atoms with E-state index in [1.165, 1.54) is 17.2 Å². The Kier molecular flexibility index (Phi) is 3.59. The molecule has 0 saturated carbocycles. The minimum Gasteiger partial charge on any atom is -0.296 e. The summed E-state index contributed by atoms with van der Waals surface area (Å²) in [6.07, 6.45) is 2.92. The molecule has 0 aliphatic rings. The molecule has 0 N–H and O–H groups in total. The molecule has 0 spiro atoms. The average Bonchev–Trinajstić information content (AvgIpc) is 2.96. The van der Waals surface area contributed by atoms with E-state index < -0.39 is 9.05 Å². The molecule has 1 unspecified atom stereocenters. The number of nitrogens with zero attached hydrogens (tertiary/aromatic N) is 6. The maximum Gasteiger partial charge on any atom is 0.296 e. The molecule has 0 radical (unpaired) electrons. The second-order valence-corrected chi connectivity index (χ2v) is 6.75. The molecule has 0 bridgehead atoms. The molecule has 8 nitrogen and oxygen atoms in total. The Labute approximate surface area is 114 Å². The van der Waals surface area contributed by atoms with Crippen LogP contribution in [0.3, 0.4) is 0 Å². The van der Waals surface area contributed by atoms with Crippen LogP contribution in [0.4, 0.5) is 0 Å². The molecule has 19 heavy (non-hydrogen) atoms. The zero-order valence-corrected chi connectivity index (χ0v) is 12.2. The normalized spacial score (nSPS) is 13.9. The van der Waals surface area contributed by atoms with Gasteiger partial charge >= 0.3 is 0 Å². The minimum atomic E-state index is -3.94. The molecule has 0 aliphatic heterocycles. The summed E-state index contributed by atoms with van der Waals surface area (Å²) in [4.78, 5) is 3.85. The highest BCUT2D eigenvalue weighted by Crippen LogP contribution is 2.24. The third-order valence-electron chi connectivity index (χ3n) is 2.63. The third-order valence-corrected chi connectivity index (χ3v) is 3.76. The van der Waals surface area contributed by atoms with Crippen LogP contribution >= 0.6 is 10.7 Å². The Hall–Kier alpha value is -1.48. The zero-order chi connectivity index (χ0) is 14.2. The van der Waals surface area contributed by atoms with Gasteiger partial charge in [0.05, 0.1) is 0 Å². The van der Waals surface area contributed by atoms with Crippen molar-refractivity contribution in [1.29, 1.82) is 0 Å². The second kappa shape index (κ2) is 4.89. The van der Waals surface area contributed by atoms with E-state index in [9.17, 15) is 8.42 Å². The summed E-state index contributed by atoms with van der Waals surface area (Å²) in [7, 11) is 1.42. The van der Waals surface area contributed by atoms with Crippen LogP contribution in [-0.2, 0) is 9.05 Å². The van der Waals surface area contributed by atoms with Gasteiger partial charge in [-0.2, -0.15) is 5.10 Å². The number of rotatable bonds is 4. The van der Waals surface area contributed by atoms with E-state index in [4.69, 9.17) is 10.7 Å². The van der Waals surface area contributed by atoms with Gasteiger partial charge in [0, 0.05) is 16.7 Å². The van der Waals surface area contributed by atoms with Crippen LogP contribution in [0.2, 0.25) is 0 Å². The molecule has 2 heterocycles. The van der Waals surface area contributed by atoms with Gasteiger partial charge in [0.25, 0.3) is 14.2 Å². The van der Waals surface area contributed by atoms with Crippen molar-refractivity contribution < 1.29 is 8.42 Å². The lowest BCUT2D eigenvalue weighted by Crippen LogP contribution is -2.17. The van der Waals surface area contributed by atoms with E-state index in [1.807, 2.05) is 20.8 Å². The summed E-state index contributed by atoms with van der Waals surface area (Å²) < 4.78 is 26.0. The summed E-state index contributed by atoms with van der Waals surface area (Å²) >= 11 is 0. The van der Waals surface area contributed by atoms with Crippen LogP contribution < -0.4 is 0 Å². The first-order valence-electron chi connectivity index (χ1n) is 5.56. The van der Waals surface area contributed by atoms with E-state index >= 15 is 0 Å². The van der Waals surface area contributed by atoms with E-state index in [0.29, 0.717) is 5.82 Å². The fourth-order valence-electron chi connectivity index (χ4n) is 1.76. The molecule has 10 heteroatoms. The number of halogens is 1. The molecule has 104 valence electrons. The summed E-state index contributed by atoms with van der Waals surface area (Å²) in [5, 5.41) is 11.3. The molecular weight excluding hydrogens is 292 g/mol. The summed E-state index contributed by atoms with van der Waals surface area (Å²) in [6.45, 7) is 5.47. The maximum atomic E-state index is 11.5. The van der Waals surface area contributed by atoms with Crippen molar-refractivity contribution in [3.63, 3.8) is 0 Å². The third kappa shape index (κ3) is 2.61. The molecule has 2 rings (SSSR count).